The second kappa shape index (κ2) is 5.65. The van der Waals surface area contributed by atoms with Gasteiger partial charge in [-0.1, -0.05) is 17.7 Å². The molecule has 0 aliphatic heterocycles. The molecule has 0 unspecified atom stereocenters. The van der Waals surface area contributed by atoms with Crippen LogP contribution in [0, 0.1) is 6.92 Å². The molecule has 0 saturated carbocycles. The Hall–Kier alpha value is -2.49. The Bertz CT molecular complexity index is 620. The molecule has 2 rings (SSSR count). The van der Waals surface area contributed by atoms with Crippen LogP contribution in [0.2, 0.25) is 0 Å². The summed E-state index contributed by atoms with van der Waals surface area (Å²) in [5, 5.41) is 9.73. The molecule has 4 heteroatoms. The molecule has 1 amide bonds. The summed E-state index contributed by atoms with van der Waals surface area (Å²) in [6, 6.07) is 12.3. The first-order valence-electron chi connectivity index (χ1n) is 6.24. The normalized spacial score (nSPS) is 10.2. The highest BCUT2D eigenvalue weighted by Crippen LogP contribution is 2.27. The van der Waals surface area contributed by atoms with Gasteiger partial charge in [-0.05, 0) is 37.3 Å². The first-order valence-corrected chi connectivity index (χ1v) is 6.24. The van der Waals surface area contributed by atoms with Crippen molar-refractivity contribution in [1.29, 1.82) is 0 Å². The standard InChI is InChI=1S/C16H17NO3/c1-11-4-7-13(8-5-11)17(2)16(19)12-6-9-15(20-3)14(18)10-12/h4-10,18H,1-3H3. The van der Waals surface area contributed by atoms with Crippen molar-refractivity contribution in [3.05, 3.63) is 53.6 Å². The lowest BCUT2D eigenvalue weighted by Gasteiger charge is -2.18. The quantitative estimate of drug-likeness (QED) is 0.933. The Morgan fingerprint density at radius 3 is 2.35 bits per heavy atom. The van der Waals surface area contributed by atoms with E-state index in [1.54, 1.807) is 24.1 Å². The molecular formula is C16H17NO3. The van der Waals surface area contributed by atoms with Gasteiger partial charge in [-0.15, -0.1) is 0 Å². The van der Waals surface area contributed by atoms with E-state index in [4.69, 9.17) is 4.74 Å². The largest absolute Gasteiger partial charge is 0.504 e. The molecule has 0 aliphatic carbocycles. The van der Waals surface area contributed by atoms with E-state index in [0.29, 0.717) is 11.3 Å². The Morgan fingerprint density at radius 1 is 1.15 bits per heavy atom. The Balaban J connectivity index is 2.26. The van der Waals surface area contributed by atoms with Gasteiger partial charge in [-0.25, -0.2) is 0 Å². The van der Waals surface area contributed by atoms with E-state index >= 15 is 0 Å². The number of benzene rings is 2. The van der Waals surface area contributed by atoms with Crippen LogP contribution < -0.4 is 9.64 Å². The van der Waals surface area contributed by atoms with E-state index in [1.165, 1.54) is 13.2 Å². The number of amides is 1. The lowest BCUT2D eigenvalue weighted by atomic mass is 10.1. The van der Waals surface area contributed by atoms with Gasteiger partial charge >= 0.3 is 0 Å². The van der Waals surface area contributed by atoms with Crippen molar-refractivity contribution >= 4 is 11.6 Å². The predicted octanol–water partition coefficient (Wildman–Crippen LogP) is 2.99. The van der Waals surface area contributed by atoms with Gasteiger partial charge in [0.25, 0.3) is 5.91 Å². The van der Waals surface area contributed by atoms with Gasteiger partial charge in [0.15, 0.2) is 11.5 Å². The van der Waals surface area contributed by atoms with Gasteiger partial charge in [-0.2, -0.15) is 0 Å². The Labute approximate surface area is 118 Å². The number of carbonyl (C=O) groups excluding carboxylic acids is 1. The fraction of sp³-hybridized carbons (Fsp3) is 0.188. The number of aryl methyl sites for hydroxylation is 1. The van der Waals surface area contributed by atoms with Crippen LogP contribution >= 0.6 is 0 Å². The highest BCUT2D eigenvalue weighted by atomic mass is 16.5. The van der Waals surface area contributed by atoms with E-state index in [-0.39, 0.29) is 11.7 Å². The van der Waals surface area contributed by atoms with Gasteiger partial charge in [0.05, 0.1) is 7.11 Å². The predicted molar refractivity (Wildman–Crippen MR) is 78.6 cm³/mol. The molecule has 0 heterocycles. The average molecular weight is 271 g/mol. The molecule has 4 nitrogen and oxygen atoms in total. The van der Waals surface area contributed by atoms with E-state index < -0.39 is 0 Å². The number of ether oxygens (including phenoxy) is 1. The number of rotatable bonds is 3. The van der Waals surface area contributed by atoms with E-state index in [2.05, 4.69) is 0 Å². The molecule has 0 radical (unpaired) electrons. The lowest BCUT2D eigenvalue weighted by Crippen LogP contribution is -2.26. The minimum absolute atomic E-state index is 0.0457. The molecular weight excluding hydrogens is 254 g/mol. The molecule has 0 bridgehead atoms. The van der Waals surface area contributed by atoms with Crippen molar-refractivity contribution in [3.63, 3.8) is 0 Å². The number of phenols is 1. The smallest absolute Gasteiger partial charge is 0.258 e. The number of phenolic OH excluding ortho intramolecular Hbond substituents is 1. The lowest BCUT2D eigenvalue weighted by molar-refractivity contribution is 0.0992. The molecule has 0 fully saturated rings. The summed E-state index contributed by atoms with van der Waals surface area (Å²) >= 11 is 0. The minimum atomic E-state index is -0.188. The third kappa shape index (κ3) is 2.74. The maximum Gasteiger partial charge on any atom is 0.258 e. The zero-order chi connectivity index (χ0) is 14.7. The molecule has 0 saturated heterocycles. The fourth-order valence-corrected chi connectivity index (χ4v) is 1.90. The number of methoxy groups -OCH3 is 1. The van der Waals surface area contributed by atoms with Gasteiger partial charge < -0.3 is 14.7 Å². The molecule has 0 aromatic heterocycles. The van der Waals surface area contributed by atoms with Crippen molar-refractivity contribution in [2.24, 2.45) is 0 Å². The second-order valence-corrected chi connectivity index (χ2v) is 4.59. The minimum Gasteiger partial charge on any atom is -0.504 e. The van der Waals surface area contributed by atoms with Crippen LogP contribution in [0.5, 0.6) is 11.5 Å². The van der Waals surface area contributed by atoms with Crippen LogP contribution in [0.1, 0.15) is 15.9 Å². The molecule has 2 aromatic rings. The Morgan fingerprint density at radius 2 is 1.80 bits per heavy atom. The molecule has 2 aromatic carbocycles. The summed E-state index contributed by atoms with van der Waals surface area (Å²) in [5.74, 6) is 0.113. The van der Waals surface area contributed by atoms with Gasteiger partial charge in [0.2, 0.25) is 0 Å². The highest BCUT2D eigenvalue weighted by Gasteiger charge is 2.15. The Kier molecular flexibility index (Phi) is 3.94. The van der Waals surface area contributed by atoms with Crippen LogP contribution in [0.3, 0.4) is 0 Å². The van der Waals surface area contributed by atoms with E-state index in [0.717, 1.165) is 11.3 Å². The number of nitrogens with zero attached hydrogens (tertiary/aromatic N) is 1. The van der Waals surface area contributed by atoms with Crippen molar-refractivity contribution in [2.75, 3.05) is 19.1 Å². The summed E-state index contributed by atoms with van der Waals surface area (Å²) in [7, 11) is 3.17. The fourth-order valence-electron chi connectivity index (χ4n) is 1.90. The maximum absolute atomic E-state index is 12.4. The molecule has 0 aliphatic rings. The maximum atomic E-state index is 12.4. The van der Waals surface area contributed by atoms with Crippen LogP contribution in [-0.4, -0.2) is 25.2 Å². The van der Waals surface area contributed by atoms with Crippen molar-refractivity contribution in [1.82, 2.24) is 0 Å². The monoisotopic (exact) mass is 271 g/mol. The highest BCUT2D eigenvalue weighted by molar-refractivity contribution is 6.06. The zero-order valence-electron chi connectivity index (χ0n) is 11.8. The number of hydrogen-bond acceptors (Lipinski definition) is 3. The van der Waals surface area contributed by atoms with Crippen molar-refractivity contribution in [3.8, 4) is 11.5 Å². The molecule has 0 atom stereocenters. The van der Waals surface area contributed by atoms with Crippen molar-refractivity contribution in [2.45, 2.75) is 6.92 Å². The van der Waals surface area contributed by atoms with Crippen molar-refractivity contribution < 1.29 is 14.6 Å². The van der Waals surface area contributed by atoms with E-state index in [1.807, 2.05) is 31.2 Å². The van der Waals surface area contributed by atoms with Gasteiger partial charge in [-0.3, -0.25) is 4.79 Å². The van der Waals surface area contributed by atoms with Gasteiger partial charge in [0.1, 0.15) is 0 Å². The summed E-state index contributed by atoms with van der Waals surface area (Å²) in [6.45, 7) is 1.99. The number of hydrogen-bond donors (Lipinski definition) is 1. The average Bonchev–Trinajstić information content (AvgIpc) is 2.46. The first-order chi connectivity index (χ1) is 9.52. The number of aromatic hydroxyl groups is 1. The topological polar surface area (TPSA) is 49.8 Å². The van der Waals surface area contributed by atoms with Crippen LogP contribution in [-0.2, 0) is 0 Å². The van der Waals surface area contributed by atoms with Crippen LogP contribution in [0.4, 0.5) is 5.69 Å². The number of anilines is 1. The number of carbonyl (C=O) groups is 1. The third-order valence-corrected chi connectivity index (χ3v) is 3.15. The first kappa shape index (κ1) is 13.9. The summed E-state index contributed by atoms with van der Waals surface area (Å²) in [5.41, 5.74) is 2.35. The summed E-state index contributed by atoms with van der Waals surface area (Å²) < 4.78 is 4.96. The third-order valence-electron chi connectivity index (χ3n) is 3.15. The molecule has 104 valence electrons. The second-order valence-electron chi connectivity index (χ2n) is 4.59. The van der Waals surface area contributed by atoms with E-state index in [9.17, 15) is 9.90 Å². The SMILES string of the molecule is COc1ccc(C(=O)N(C)c2ccc(C)cc2)cc1O. The van der Waals surface area contributed by atoms with Gasteiger partial charge in [0, 0.05) is 18.3 Å². The summed E-state index contributed by atoms with van der Waals surface area (Å²) in [4.78, 5) is 13.9. The molecule has 0 spiro atoms. The van der Waals surface area contributed by atoms with Crippen LogP contribution in [0.15, 0.2) is 42.5 Å². The summed E-state index contributed by atoms with van der Waals surface area (Å²) in [6.07, 6.45) is 0. The van der Waals surface area contributed by atoms with Crippen LogP contribution in [0.25, 0.3) is 0 Å². The molecule has 20 heavy (non-hydrogen) atoms. The molecule has 1 N–H and O–H groups in total. The zero-order valence-corrected chi connectivity index (χ0v) is 11.8.